The van der Waals surface area contributed by atoms with E-state index in [2.05, 4.69) is 15.4 Å². The Morgan fingerprint density at radius 2 is 2.00 bits per heavy atom. The summed E-state index contributed by atoms with van der Waals surface area (Å²) in [5.74, 6) is -0.307. The molecular formula is C11H20N2O4. The smallest absolute Gasteiger partial charge is 0.407 e. The quantitative estimate of drug-likeness (QED) is 0.688. The highest BCUT2D eigenvalue weighted by Gasteiger charge is 2.31. The molecule has 1 aliphatic rings. The molecule has 1 rings (SSSR count). The summed E-state index contributed by atoms with van der Waals surface area (Å²) in [6.07, 6.45) is 0.0566. The fourth-order valence-corrected chi connectivity index (χ4v) is 1.64. The molecule has 1 fully saturated rings. The number of carbonyl (C=O) groups excluding carboxylic acids is 2. The van der Waals surface area contributed by atoms with Crippen molar-refractivity contribution >= 4 is 12.1 Å². The first kappa shape index (κ1) is 13.8. The van der Waals surface area contributed by atoms with Crippen LogP contribution in [0.15, 0.2) is 0 Å². The summed E-state index contributed by atoms with van der Waals surface area (Å²) in [7, 11) is 1.35. The lowest BCUT2D eigenvalue weighted by Crippen LogP contribution is -2.40. The summed E-state index contributed by atoms with van der Waals surface area (Å²) < 4.78 is 9.75. The maximum Gasteiger partial charge on any atom is 0.407 e. The molecule has 1 aliphatic heterocycles. The van der Waals surface area contributed by atoms with Crippen LogP contribution in [-0.4, -0.2) is 43.4 Å². The van der Waals surface area contributed by atoms with Gasteiger partial charge in [-0.25, -0.2) is 4.79 Å². The average molecular weight is 244 g/mol. The molecule has 1 saturated heterocycles. The van der Waals surface area contributed by atoms with Gasteiger partial charge in [0.1, 0.15) is 11.6 Å². The van der Waals surface area contributed by atoms with E-state index in [4.69, 9.17) is 4.74 Å². The first-order valence-corrected chi connectivity index (χ1v) is 5.62. The van der Waals surface area contributed by atoms with E-state index in [0.29, 0.717) is 13.0 Å². The monoisotopic (exact) mass is 244 g/mol. The molecule has 1 amide bonds. The zero-order chi connectivity index (χ0) is 13.1. The third-order valence-electron chi connectivity index (χ3n) is 2.34. The van der Waals surface area contributed by atoms with Gasteiger partial charge in [-0.2, -0.15) is 0 Å². The van der Waals surface area contributed by atoms with Gasteiger partial charge in [0.2, 0.25) is 0 Å². The number of esters is 1. The van der Waals surface area contributed by atoms with E-state index in [-0.39, 0.29) is 18.1 Å². The maximum absolute atomic E-state index is 11.5. The van der Waals surface area contributed by atoms with E-state index < -0.39 is 11.7 Å². The summed E-state index contributed by atoms with van der Waals surface area (Å²) in [5.41, 5.74) is -0.516. The van der Waals surface area contributed by atoms with Crippen molar-refractivity contribution in [2.24, 2.45) is 0 Å². The van der Waals surface area contributed by atoms with Gasteiger partial charge in [0, 0.05) is 12.6 Å². The predicted octanol–water partition coefficient (Wildman–Crippen LogP) is 0.415. The summed E-state index contributed by atoms with van der Waals surface area (Å²) in [5, 5.41) is 5.69. The van der Waals surface area contributed by atoms with Gasteiger partial charge < -0.3 is 20.1 Å². The first-order valence-electron chi connectivity index (χ1n) is 5.62. The lowest BCUT2D eigenvalue weighted by molar-refractivity contribution is -0.142. The SMILES string of the molecule is COC(=O)C1C[C@H](NC(=O)OC(C)(C)C)CN1. The van der Waals surface area contributed by atoms with Crippen LogP contribution in [0.25, 0.3) is 0 Å². The molecule has 0 aromatic heterocycles. The van der Waals surface area contributed by atoms with Crippen LogP contribution in [0.5, 0.6) is 0 Å². The van der Waals surface area contributed by atoms with Crippen LogP contribution in [0.4, 0.5) is 4.79 Å². The van der Waals surface area contributed by atoms with E-state index >= 15 is 0 Å². The first-order chi connectivity index (χ1) is 7.81. The number of amides is 1. The second-order valence-corrected chi connectivity index (χ2v) is 5.06. The minimum atomic E-state index is -0.516. The third kappa shape index (κ3) is 4.60. The molecule has 2 atom stereocenters. The van der Waals surface area contributed by atoms with Crippen molar-refractivity contribution in [1.29, 1.82) is 0 Å². The average Bonchev–Trinajstić information content (AvgIpc) is 2.62. The molecule has 0 bridgehead atoms. The predicted molar refractivity (Wildman–Crippen MR) is 61.6 cm³/mol. The zero-order valence-electron chi connectivity index (χ0n) is 10.7. The minimum Gasteiger partial charge on any atom is -0.468 e. The molecule has 1 unspecified atom stereocenters. The number of hydrogen-bond donors (Lipinski definition) is 2. The highest BCUT2D eigenvalue weighted by molar-refractivity contribution is 5.76. The lowest BCUT2D eigenvalue weighted by atomic mass is 10.2. The largest absolute Gasteiger partial charge is 0.468 e. The van der Waals surface area contributed by atoms with Gasteiger partial charge in [-0.15, -0.1) is 0 Å². The van der Waals surface area contributed by atoms with Crippen molar-refractivity contribution in [3.63, 3.8) is 0 Å². The molecule has 0 saturated carbocycles. The van der Waals surface area contributed by atoms with E-state index in [1.54, 1.807) is 20.8 Å². The second kappa shape index (κ2) is 5.35. The van der Waals surface area contributed by atoms with Crippen molar-refractivity contribution in [2.75, 3.05) is 13.7 Å². The molecule has 6 heteroatoms. The number of hydrogen-bond acceptors (Lipinski definition) is 5. The fraction of sp³-hybridized carbons (Fsp3) is 0.818. The van der Waals surface area contributed by atoms with Gasteiger partial charge in [0.05, 0.1) is 7.11 Å². The number of rotatable bonds is 2. The van der Waals surface area contributed by atoms with E-state index in [0.717, 1.165) is 0 Å². The molecule has 98 valence electrons. The van der Waals surface area contributed by atoms with Crippen LogP contribution in [-0.2, 0) is 14.3 Å². The molecule has 6 nitrogen and oxygen atoms in total. The molecule has 0 aromatic carbocycles. The summed E-state index contributed by atoms with van der Waals surface area (Å²) >= 11 is 0. The Hall–Kier alpha value is -1.30. The maximum atomic E-state index is 11.5. The van der Waals surface area contributed by atoms with Crippen LogP contribution in [0, 0.1) is 0 Å². The van der Waals surface area contributed by atoms with Gasteiger partial charge in [0.15, 0.2) is 0 Å². The second-order valence-electron chi connectivity index (χ2n) is 5.06. The van der Waals surface area contributed by atoms with E-state index in [1.165, 1.54) is 7.11 Å². The molecule has 0 aromatic rings. The Morgan fingerprint density at radius 3 is 2.53 bits per heavy atom. The van der Waals surface area contributed by atoms with Crippen LogP contribution in [0.2, 0.25) is 0 Å². The van der Waals surface area contributed by atoms with Gasteiger partial charge in [-0.3, -0.25) is 4.79 Å². The molecule has 2 N–H and O–H groups in total. The van der Waals surface area contributed by atoms with E-state index in [1.807, 2.05) is 0 Å². The van der Waals surface area contributed by atoms with Gasteiger partial charge in [0.25, 0.3) is 0 Å². The number of methoxy groups -OCH3 is 1. The zero-order valence-corrected chi connectivity index (χ0v) is 10.7. The Morgan fingerprint density at radius 1 is 1.35 bits per heavy atom. The van der Waals surface area contributed by atoms with Gasteiger partial charge in [-0.1, -0.05) is 0 Å². The number of ether oxygens (including phenoxy) is 2. The standard InChI is InChI=1S/C11H20N2O4/c1-11(2,3)17-10(15)13-7-5-8(12-6-7)9(14)16-4/h7-8,12H,5-6H2,1-4H3,(H,13,15)/t7-,8?/m0/s1. The molecule has 0 aliphatic carbocycles. The third-order valence-corrected chi connectivity index (χ3v) is 2.34. The molecule has 17 heavy (non-hydrogen) atoms. The summed E-state index contributed by atoms with van der Waals surface area (Å²) in [6.45, 7) is 5.95. The van der Waals surface area contributed by atoms with Crippen molar-refractivity contribution in [2.45, 2.75) is 44.9 Å². The lowest BCUT2D eigenvalue weighted by Gasteiger charge is -2.21. The summed E-state index contributed by atoms with van der Waals surface area (Å²) in [4.78, 5) is 22.7. The Kier molecular flexibility index (Phi) is 4.34. The Bertz CT molecular complexity index is 298. The van der Waals surface area contributed by atoms with Crippen LogP contribution in [0.1, 0.15) is 27.2 Å². The normalized spacial score (nSPS) is 24.2. The number of carbonyl (C=O) groups is 2. The highest BCUT2D eigenvalue weighted by Crippen LogP contribution is 2.10. The van der Waals surface area contributed by atoms with Crippen molar-refractivity contribution in [3.05, 3.63) is 0 Å². The number of alkyl carbamates (subject to hydrolysis) is 1. The molecule has 0 spiro atoms. The minimum absolute atomic E-state index is 0.103. The molecule has 1 heterocycles. The van der Waals surface area contributed by atoms with E-state index in [9.17, 15) is 9.59 Å². The fourth-order valence-electron chi connectivity index (χ4n) is 1.64. The highest BCUT2D eigenvalue weighted by atomic mass is 16.6. The van der Waals surface area contributed by atoms with Crippen LogP contribution in [0.3, 0.4) is 0 Å². The van der Waals surface area contributed by atoms with Crippen molar-refractivity contribution in [3.8, 4) is 0 Å². The van der Waals surface area contributed by atoms with Crippen LogP contribution < -0.4 is 10.6 Å². The topological polar surface area (TPSA) is 76.7 Å². The van der Waals surface area contributed by atoms with Gasteiger partial charge >= 0.3 is 12.1 Å². The Balaban J connectivity index is 2.35. The Labute approximate surface area is 101 Å². The molecular weight excluding hydrogens is 224 g/mol. The van der Waals surface area contributed by atoms with Crippen LogP contribution >= 0.6 is 0 Å². The van der Waals surface area contributed by atoms with Crippen molar-refractivity contribution < 1.29 is 19.1 Å². The summed E-state index contributed by atoms with van der Waals surface area (Å²) in [6, 6.07) is -0.450. The van der Waals surface area contributed by atoms with Crippen molar-refractivity contribution in [1.82, 2.24) is 10.6 Å². The molecule has 0 radical (unpaired) electrons. The number of nitrogens with one attached hydrogen (secondary N) is 2. The van der Waals surface area contributed by atoms with Gasteiger partial charge in [-0.05, 0) is 27.2 Å².